The van der Waals surface area contributed by atoms with Gasteiger partial charge in [-0.05, 0) is 27.7 Å². The average molecular weight is 339 g/mol. The van der Waals surface area contributed by atoms with Gasteiger partial charge in [-0.15, -0.1) is 0 Å². The first kappa shape index (κ1) is 17.5. The van der Waals surface area contributed by atoms with E-state index in [1.165, 1.54) is 0 Å². The van der Waals surface area contributed by atoms with Crippen LogP contribution in [-0.4, -0.2) is 30.3 Å². The lowest BCUT2D eigenvalue weighted by Crippen LogP contribution is -2.11. The van der Waals surface area contributed by atoms with E-state index in [9.17, 15) is 4.79 Å². The molecule has 0 aliphatic carbocycles. The first-order valence-electron chi connectivity index (χ1n) is 6.15. The molecule has 0 spiro atoms. The van der Waals surface area contributed by atoms with Gasteiger partial charge in [-0.25, -0.2) is 4.79 Å². The maximum atomic E-state index is 11.7. The third kappa shape index (κ3) is 5.46. The third-order valence-electron chi connectivity index (χ3n) is 1.80. The van der Waals surface area contributed by atoms with Crippen LogP contribution in [0.15, 0.2) is 5.38 Å². The van der Waals surface area contributed by atoms with Crippen LogP contribution < -0.4 is 4.52 Å². The van der Waals surface area contributed by atoms with Crippen LogP contribution in [0.3, 0.4) is 0 Å². The van der Waals surface area contributed by atoms with E-state index in [0.717, 1.165) is 11.3 Å². The van der Waals surface area contributed by atoms with E-state index in [2.05, 4.69) is 4.98 Å². The van der Waals surface area contributed by atoms with Crippen molar-refractivity contribution in [2.45, 2.75) is 33.8 Å². The molecule has 1 heterocycles. The van der Waals surface area contributed by atoms with Gasteiger partial charge >= 0.3 is 12.7 Å². The molecule has 0 atom stereocenters. The highest BCUT2D eigenvalue weighted by Crippen LogP contribution is 2.50. The van der Waals surface area contributed by atoms with Crippen molar-refractivity contribution in [1.82, 2.24) is 4.98 Å². The van der Waals surface area contributed by atoms with Gasteiger partial charge in [-0.2, -0.15) is 4.98 Å². The lowest BCUT2D eigenvalue weighted by molar-refractivity contribution is 0.0371. The van der Waals surface area contributed by atoms with E-state index >= 15 is 0 Å². The summed E-state index contributed by atoms with van der Waals surface area (Å²) in [5.74, 6) is -0.493. The molecule has 0 bridgehead atoms. The molecule has 0 saturated heterocycles. The predicted molar refractivity (Wildman–Crippen MR) is 80.8 cm³/mol. The summed E-state index contributed by atoms with van der Waals surface area (Å²) in [6.45, 7) is 5.05. The molecule has 9 heteroatoms. The van der Waals surface area contributed by atoms with Crippen LogP contribution in [0.25, 0.3) is 0 Å². The number of thiazole rings is 1. The fourth-order valence-corrected chi connectivity index (χ4v) is 4.18. The van der Waals surface area contributed by atoms with E-state index in [4.69, 9.17) is 30.1 Å². The summed E-state index contributed by atoms with van der Waals surface area (Å²) in [6.07, 6.45) is -0.203. The zero-order chi connectivity index (χ0) is 15.2. The van der Waals surface area contributed by atoms with Gasteiger partial charge in [-0.3, -0.25) is 9.05 Å². The Kier molecular flexibility index (Phi) is 7.05. The zero-order valence-electron chi connectivity index (χ0n) is 11.8. The highest BCUT2D eigenvalue weighted by Gasteiger charge is 2.24. The molecule has 6 nitrogen and oxygen atoms in total. The van der Waals surface area contributed by atoms with Crippen LogP contribution in [0.1, 0.15) is 38.2 Å². The van der Waals surface area contributed by atoms with Gasteiger partial charge < -0.3 is 9.26 Å². The molecule has 0 fully saturated rings. The van der Waals surface area contributed by atoms with Gasteiger partial charge in [0.15, 0.2) is 5.69 Å². The first-order chi connectivity index (χ1) is 9.40. The van der Waals surface area contributed by atoms with Crippen molar-refractivity contribution >= 4 is 35.8 Å². The molecule has 1 aromatic heterocycles. The zero-order valence-corrected chi connectivity index (χ0v) is 14.3. The number of hydrogen-bond acceptors (Lipinski definition) is 8. The molecule has 0 radical (unpaired) electrons. The topological polar surface area (TPSA) is 66.9 Å². The first-order valence-corrected chi connectivity index (χ1v) is 9.59. The molecular weight excluding hydrogens is 321 g/mol. The molecule has 1 rings (SSSR count). The van der Waals surface area contributed by atoms with Gasteiger partial charge in [-0.1, -0.05) is 11.3 Å². The number of esters is 1. The quantitative estimate of drug-likeness (QED) is 0.531. The van der Waals surface area contributed by atoms with Crippen molar-refractivity contribution in [1.29, 1.82) is 0 Å². The summed E-state index contributed by atoms with van der Waals surface area (Å²) >= 11 is 6.37. The van der Waals surface area contributed by atoms with Gasteiger partial charge in [0.05, 0.1) is 19.3 Å². The Bertz CT molecular complexity index is 481. The molecule has 20 heavy (non-hydrogen) atoms. The molecule has 0 unspecified atom stereocenters. The molecule has 0 aliphatic rings. The van der Waals surface area contributed by atoms with Crippen molar-refractivity contribution in [3.8, 4) is 5.19 Å². The summed E-state index contributed by atoms with van der Waals surface area (Å²) in [5.41, 5.74) is 0.188. The minimum Gasteiger partial charge on any atom is -0.458 e. The third-order valence-corrected chi connectivity index (χ3v) is 5.04. The van der Waals surface area contributed by atoms with Crippen molar-refractivity contribution in [3.63, 3.8) is 0 Å². The minimum absolute atomic E-state index is 0.188. The smallest absolute Gasteiger partial charge is 0.382 e. The monoisotopic (exact) mass is 339 g/mol. The molecule has 0 saturated carbocycles. The predicted octanol–water partition coefficient (Wildman–Crippen LogP) is 3.38. The Morgan fingerprint density at radius 2 is 2.00 bits per heavy atom. The highest BCUT2D eigenvalue weighted by molar-refractivity contribution is 8.07. The molecule has 0 aliphatic heterocycles. The largest absolute Gasteiger partial charge is 0.458 e. The minimum atomic E-state index is -2.86. The lowest BCUT2D eigenvalue weighted by Gasteiger charge is -2.18. The normalized spacial score (nSPS) is 11.7. The van der Waals surface area contributed by atoms with Crippen molar-refractivity contribution < 1.29 is 23.1 Å². The summed E-state index contributed by atoms with van der Waals surface area (Å²) in [4.78, 5) is 15.7. The number of aromatic nitrogens is 1. The molecule has 0 amide bonds. The van der Waals surface area contributed by atoms with E-state index in [1.807, 2.05) is 0 Å². The van der Waals surface area contributed by atoms with Crippen LogP contribution in [0, 0.1) is 0 Å². The van der Waals surface area contributed by atoms with Crippen molar-refractivity contribution in [3.05, 3.63) is 11.1 Å². The fourth-order valence-electron chi connectivity index (χ4n) is 1.17. The second-order valence-corrected chi connectivity index (χ2v) is 7.58. The summed E-state index contributed by atoms with van der Waals surface area (Å²) < 4.78 is 21.2. The van der Waals surface area contributed by atoms with Crippen LogP contribution in [0.2, 0.25) is 0 Å². The Balaban J connectivity index is 2.76. The van der Waals surface area contributed by atoms with E-state index in [1.54, 1.807) is 33.1 Å². The number of carbonyl (C=O) groups is 1. The highest BCUT2D eigenvalue weighted by atomic mass is 32.5. The van der Waals surface area contributed by atoms with Gasteiger partial charge in [0.25, 0.3) is 5.19 Å². The van der Waals surface area contributed by atoms with Gasteiger partial charge in [0.2, 0.25) is 0 Å². The number of rotatable bonds is 8. The second-order valence-electron chi connectivity index (χ2n) is 3.83. The molecule has 1 aromatic rings. The summed E-state index contributed by atoms with van der Waals surface area (Å²) in [5, 5.41) is 1.79. The van der Waals surface area contributed by atoms with Crippen molar-refractivity contribution in [2.75, 3.05) is 13.2 Å². The fraction of sp³-hybridized carbons (Fsp3) is 0.636. The Morgan fingerprint density at radius 1 is 1.40 bits per heavy atom. The van der Waals surface area contributed by atoms with E-state index < -0.39 is 12.7 Å². The van der Waals surface area contributed by atoms with Crippen LogP contribution in [-0.2, 0) is 25.6 Å². The van der Waals surface area contributed by atoms with Gasteiger partial charge in [0, 0.05) is 17.2 Å². The van der Waals surface area contributed by atoms with Crippen LogP contribution >= 0.6 is 18.1 Å². The Hall–Kier alpha value is -0.530. The standard InChI is InChI=1S/C11H18NO5PS2/c1-5-14-18(19,15-6-2)17-11-12-9(7-20-11)10(13)16-8(3)4/h7-8H,5-6H2,1-4H3. The van der Waals surface area contributed by atoms with Crippen LogP contribution in [0.5, 0.6) is 5.19 Å². The number of nitrogens with zero attached hydrogens (tertiary/aromatic N) is 1. The summed E-state index contributed by atoms with van der Waals surface area (Å²) in [6, 6.07) is 0. The Labute approximate surface area is 127 Å². The molecule has 114 valence electrons. The van der Waals surface area contributed by atoms with Crippen LogP contribution in [0.4, 0.5) is 0 Å². The summed E-state index contributed by atoms with van der Waals surface area (Å²) in [7, 11) is 0. The number of ether oxygens (including phenoxy) is 1. The SMILES string of the molecule is CCOP(=S)(OCC)Oc1nc(C(=O)OC(C)C)cs1. The molecular formula is C11H18NO5PS2. The van der Waals surface area contributed by atoms with Gasteiger partial charge in [0.1, 0.15) is 0 Å². The molecule has 0 N–H and O–H groups in total. The maximum absolute atomic E-state index is 11.7. The number of carbonyl (C=O) groups excluding carboxylic acids is 1. The lowest BCUT2D eigenvalue weighted by atomic mass is 10.4. The average Bonchev–Trinajstić information content (AvgIpc) is 2.76. The second kappa shape index (κ2) is 8.05. The van der Waals surface area contributed by atoms with E-state index in [-0.39, 0.29) is 17.0 Å². The number of hydrogen-bond donors (Lipinski definition) is 0. The Morgan fingerprint density at radius 3 is 2.50 bits per heavy atom. The molecule has 0 aromatic carbocycles. The maximum Gasteiger partial charge on any atom is 0.382 e. The van der Waals surface area contributed by atoms with Crippen molar-refractivity contribution in [2.24, 2.45) is 0 Å². The van der Waals surface area contributed by atoms with E-state index in [0.29, 0.717) is 13.2 Å².